The Morgan fingerprint density at radius 1 is 1.27 bits per heavy atom. The lowest BCUT2D eigenvalue weighted by Gasteiger charge is -2.35. The normalized spacial score (nSPS) is 17.8. The van der Waals surface area contributed by atoms with Crippen molar-refractivity contribution in [2.75, 3.05) is 26.2 Å². The molecule has 1 heterocycles. The number of hydrogen-bond acceptors (Lipinski definition) is 3. The largest absolute Gasteiger partial charge is 0.508 e. The van der Waals surface area contributed by atoms with Gasteiger partial charge in [-0.1, -0.05) is 15.9 Å². The van der Waals surface area contributed by atoms with E-state index in [2.05, 4.69) is 21.2 Å². The molecule has 0 aromatic heterocycles. The maximum atomic E-state index is 12.6. The van der Waals surface area contributed by atoms with Crippen LogP contribution in [-0.4, -0.2) is 42.4 Å². The molecule has 1 aliphatic heterocycles. The van der Waals surface area contributed by atoms with Crippen LogP contribution in [0.25, 0.3) is 0 Å². The lowest BCUT2D eigenvalue weighted by atomic mass is 9.98. The minimum Gasteiger partial charge on any atom is -0.508 e. The molecule has 1 atom stereocenters. The second kappa shape index (κ2) is 8.38. The van der Waals surface area contributed by atoms with Gasteiger partial charge in [0.1, 0.15) is 5.75 Å². The van der Waals surface area contributed by atoms with Gasteiger partial charge >= 0.3 is 6.18 Å². The monoisotopic (exact) mass is 402 g/mol. The number of phenolic OH excluding ortho intramolecular Hbond substituents is 1. The van der Waals surface area contributed by atoms with Crippen LogP contribution in [0.1, 0.15) is 24.4 Å². The summed E-state index contributed by atoms with van der Waals surface area (Å²) in [6.45, 7) is 2.84. The molecule has 1 aromatic carbocycles. The van der Waals surface area contributed by atoms with Crippen LogP contribution in [0.4, 0.5) is 13.2 Å². The summed E-state index contributed by atoms with van der Waals surface area (Å²) in [5.41, 5.74) is 0.551. The molecule has 1 aliphatic rings. The highest BCUT2D eigenvalue weighted by molar-refractivity contribution is 9.10. The Balaban J connectivity index is 0.00000242. The van der Waals surface area contributed by atoms with Crippen molar-refractivity contribution >= 4 is 28.3 Å². The fourth-order valence-corrected chi connectivity index (χ4v) is 3.00. The predicted molar refractivity (Wildman–Crippen MR) is 85.5 cm³/mol. The first-order valence-corrected chi connectivity index (χ1v) is 7.66. The van der Waals surface area contributed by atoms with Gasteiger partial charge in [0.2, 0.25) is 0 Å². The number of nitrogens with zero attached hydrogens (tertiary/aromatic N) is 1. The third-order valence-corrected chi connectivity index (χ3v) is 4.14. The van der Waals surface area contributed by atoms with E-state index in [-0.39, 0.29) is 24.6 Å². The van der Waals surface area contributed by atoms with Gasteiger partial charge < -0.3 is 10.4 Å². The zero-order valence-electron chi connectivity index (χ0n) is 11.9. The van der Waals surface area contributed by atoms with Crippen molar-refractivity contribution in [3.63, 3.8) is 0 Å². The maximum absolute atomic E-state index is 12.6. The van der Waals surface area contributed by atoms with E-state index in [0.29, 0.717) is 18.7 Å². The van der Waals surface area contributed by atoms with Crippen LogP contribution < -0.4 is 5.32 Å². The summed E-state index contributed by atoms with van der Waals surface area (Å²) in [6, 6.07) is 4.48. The fraction of sp³-hybridized carbons (Fsp3) is 0.571. The minimum atomic E-state index is -4.19. The summed E-state index contributed by atoms with van der Waals surface area (Å²) < 4.78 is 38.5. The molecule has 8 heteroatoms. The first kappa shape index (κ1) is 19.5. The van der Waals surface area contributed by atoms with Crippen LogP contribution in [0, 0.1) is 0 Å². The third-order valence-electron chi connectivity index (χ3n) is 3.64. The molecular formula is C14H19BrClF3N2O. The van der Waals surface area contributed by atoms with E-state index in [0.717, 1.165) is 17.6 Å². The number of nitrogens with one attached hydrogen (secondary N) is 1. The molecule has 0 bridgehead atoms. The van der Waals surface area contributed by atoms with Crippen molar-refractivity contribution < 1.29 is 18.3 Å². The van der Waals surface area contributed by atoms with Crippen molar-refractivity contribution in [3.05, 3.63) is 28.2 Å². The highest BCUT2D eigenvalue weighted by Gasteiger charge is 2.32. The average molecular weight is 404 g/mol. The van der Waals surface area contributed by atoms with E-state index < -0.39 is 18.6 Å². The Kier molecular flexibility index (Phi) is 7.45. The molecule has 2 N–H and O–H groups in total. The average Bonchev–Trinajstić information content (AvgIpc) is 2.43. The third kappa shape index (κ3) is 5.61. The molecule has 0 aliphatic carbocycles. The van der Waals surface area contributed by atoms with Gasteiger partial charge in [0.15, 0.2) is 0 Å². The Hall–Kier alpha value is -0.500. The quantitative estimate of drug-likeness (QED) is 0.801. The van der Waals surface area contributed by atoms with Gasteiger partial charge in [-0.2, -0.15) is 13.2 Å². The summed E-state index contributed by atoms with van der Waals surface area (Å²) in [5.74, 6) is 0.0453. The van der Waals surface area contributed by atoms with Crippen LogP contribution in [0.5, 0.6) is 5.75 Å². The molecule has 3 nitrogen and oxygen atoms in total. The number of aromatic hydroxyl groups is 1. The van der Waals surface area contributed by atoms with Gasteiger partial charge in [-0.3, -0.25) is 4.90 Å². The van der Waals surface area contributed by atoms with E-state index >= 15 is 0 Å². The number of hydrogen-bond donors (Lipinski definition) is 2. The van der Waals surface area contributed by atoms with Crippen molar-refractivity contribution in [1.82, 2.24) is 10.2 Å². The standard InChI is InChI=1S/C14H18BrF3N2O.ClH/c15-10-1-2-13(21)11(9-10)12(3-4-14(16,17)18)20-7-5-19-6-8-20;/h1-2,9,12,19,21H,3-8H2;1H/t12-;/m0./s1. The number of rotatable bonds is 4. The highest BCUT2D eigenvalue weighted by Crippen LogP contribution is 2.36. The number of benzene rings is 1. The number of phenols is 1. The Morgan fingerprint density at radius 2 is 1.91 bits per heavy atom. The van der Waals surface area contributed by atoms with Crippen molar-refractivity contribution in [3.8, 4) is 5.75 Å². The van der Waals surface area contributed by atoms with Crippen LogP contribution in [-0.2, 0) is 0 Å². The summed E-state index contributed by atoms with van der Waals surface area (Å²) in [7, 11) is 0. The zero-order chi connectivity index (χ0) is 15.5. The van der Waals surface area contributed by atoms with E-state index in [4.69, 9.17) is 0 Å². The molecule has 0 saturated carbocycles. The van der Waals surface area contributed by atoms with Gasteiger partial charge in [-0.15, -0.1) is 12.4 Å². The predicted octanol–water partition coefficient (Wildman–Crippen LogP) is 3.87. The molecule has 0 unspecified atom stereocenters. The van der Waals surface area contributed by atoms with Gasteiger partial charge in [0, 0.05) is 48.7 Å². The van der Waals surface area contributed by atoms with E-state index in [9.17, 15) is 18.3 Å². The molecule has 0 spiro atoms. The Labute approximate surface area is 142 Å². The highest BCUT2D eigenvalue weighted by atomic mass is 79.9. The molecule has 0 radical (unpaired) electrons. The summed E-state index contributed by atoms with van der Waals surface area (Å²) in [5, 5.41) is 13.2. The number of piperazine rings is 1. The van der Waals surface area contributed by atoms with Gasteiger partial charge in [0.05, 0.1) is 0 Å². The molecule has 126 valence electrons. The van der Waals surface area contributed by atoms with E-state index in [1.807, 2.05) is 4.90 Å². The lowest BCUT2D eigenvalue weighted by Crippen LogP contribution is -2.45. The number of halogens is 5. The van der Waals surface area contributed by atoms with Crippen molar-refractivity contribution in [1.29, 1.82) is 0 Å². The summed E-state index contributed by atoms with van der Waals surface area (Å²) in [6.07, 6.45) is -5.09. The summed E-state index contributed by atoms with van der Waals surface area (Å²) in [4.78, 5) is 2.00. The van der Waals surface area contributed by atoms with Gasteiger partial charge in [-0.05, 0) is 24.6 Å². The second-order valence-corrected chi connectivity index (χ2v) is 6.07. The van der Waals surface area contributed by atoms with Gasteiger partial charge in [-0.25, -0.2) is 0 Å². The van der Waals surface area contributed by atoms with E-state index in [1.165, 1.54) is 6.07 Å². The minimum absolute atomic E-state index is 0. The SMILES string of the molecule is Cl.Oc1ccc(Br)cc1[C@H](CCC(F)(F)F)N1CCNCC1. The molecule has 0 amide bonds. The smallest absolute Gasteiger partial charge is 0.389 e. The fourth-order valence-electron chi connectivity index (χ4n) is 2.62. The molecule has 1 aromatic rings. The van der Waals surface area contributed by atoms with Gasteiger partial charge in [0.25, 0.3) is 0 Å². The molecule has 22 heavy (non-hydrogen) atoms. The van der Waals surface area contributed by atoms with Crippen LogP contribution in [0.15, 0.2) is 22.7 Å². The van der Waals surface area contributed by atoms with Crippen LogP contribution >= 0.6 is 28.3 Å². The van der Waals surface area contributed by atoms with Crippen LogP contribution in [0.3, 0.4) is 0 Å². The second-order valence-electron chi connectivity index (χ2n) is 5.16. The maximum Gasteiger partial charge on any atom is 0.389 e. The lowest BCUT2D eigenvalue weighted by molar-refractivity contribution is -0.138. The molecular weight excluding hydrogens is 385 g/mol. The first-order chi connectivity index (χ1) is 9.87. The Morgan fingerprint density at radius 3 is 2.50 bits per heavy atom. The van der Waals surface area contributed by atoms with Crippen molar-refractivity contribution in [2.45, 2.75) is 25.1 Å². The molecule has 1 saturated heterocycles. The first-order valence-electron chi connectivity index (χ1n) is 6.87. The summed E-state index contributed by atoms with van der Waals surface area (Å²) >= 11 is 3.32. The van der Waals surface area contributed by atoms with Crippen molar-refractivity contribution in [2.24, 2.45) is 0 Å². The Bertz CT molecular complexity index is 482. The topological polar surface area (TPSA) is 35.5 Å². The number of alkyl halides is 3. The molecule has 2 rings (SSSR count). The zero-order valence-corrected chi connectivity index (χ0v) is 14.3. The van der Waals surface area contributed by atoms with Crippen LogP contribution in [0.2, 0.25) is 0 Å². The van der Waals surface area contributed by atoms with E-state index in [1.54, 1.807) is 12.1 Å². The molecule has 1 fully saturated rings.